The standard InChI is InChI=1S/C25H30N6O3/c1-17(2)12-20(27-25(32)19-4-3-8-26-14-19)24-29-28-23-7-9-30(10-11-31(23)24)15-18-5-6-21-22(13-18)34-16-33-21/h3-6,8,13-14,17,20H,7,9-12,15-16H2,1-2H3,(H,27,32)/t20-/m1/s1. The van der Waals surface area contributed by atoms with Crippen molar-refractivity contribution in [1.29, 1.82) is 0 Å². The molecule has 9 nitrogen and oxygen atoms in total. The Hall–Kier alpha value is -3.46. The van der Waals surface area contributed by atoms with Crippen molar-refractivity contribution in [2.24, 2.45) is 5.92 Å². The minimum atomic E-state index is -0.214. The van der Waals surface area contributed by atoms with Crippen LogP contribution in [0.2, 0.25) is 0 Å². The maximum atomic E-state index is 12.9. The number of carbonyl (C=O) groups excluding carboxylic acids is 1. The molecule has 5 rings (SSSR count). The lowest BCUT2D eigenvalue weighted by Crippen LogP contribution is -2.32. The van der Waals surface area contributed by atoms with Crippen LogP contribution in [0.1, 0.15) is 53.9 Å². The predicted octanol–water partition coefficient (Wildman–Crippen LogP) is 2.98. The van der Waals surface area contributed by atoms with Gasteiger partial charge in [0.25, 0.3) is 5.91 Å². The first kappa shape index (κ1) is 22.3. The van der Waals surface area contributed by atoms with Crippen LogP contribution in [0.4, 0.5) is 0 Å². The van der Waals surface area contributed by atoms with E-state index >= 15 is 0 Å². The van der Waals surface area contributed by atoms with E-state index in [1.807, 2.05) is 6.07 Å². The number of nitrogens with one attached hydrogen (secondary N) is 1. The molecule has 0 bridgehead atoms. The summed E-state index contributed by atoms with van der Waals surface area (Å²) in [6.45, 7) is 7.96. The van der Waals surface area contributed by atoms with Crippen molar-refractivity contribution in [3.63, 3.8) is 0 Å². The number of aromatic nitrogens is 4. The van der Waals surface area contributed by atoms with Crippen LogP contribution in [0.5, 0.6) is 11.5 Å². The van der Waals surface area contributed by atoms with Gasteiger partial charge in [0.2, 0.25) is 6.79 Å². The topological polar surface area (TPSA) is 94.4 Å². The molecule has 4 heterocycles. The molecule has 0 aliphatic carbocycles. The van der Waals surface area contributed by atoms with Gasteiger partial charge in [-0.05, 0) is 42.2 Å². The quantitative estimate of drug-likeness (QED) is 0.577. The number of rotatable bonds is 7. The largest absolute Gasteiger partial charge is 0.454 e. The Morgan fingerprint density at radius 1 is 1.12 bits per heavy atom. The zero-order chi connectivity index (χ0) is 23.5. The Morgan fingerprint density at radius 3 is 2.82 bits per heavy atom. The molecule has 0 saturated carbocycles. The van der Waals surface area contributed by atoms with Gasteiger partial charge in [-0.15, -0.1) is 10.2 Å². The Bertz CT molecular complexity index is 1150. The molecule has 1 atom stereocenters. The third kappa shape index (κ3) is 4.89. The van der Waals surface area contributed by atoms with E-state index in [-0.39, 0.29) is 18.7 Å². The number of hydrogen-bond acceptors (Lipinski definition) is 7. The summed E-state index contributed by atoms with van der Waals surface area (Å²) in [5.41, 5.74) is 1.74. The fourth-order valence-electron chi connectivity index (χ4n) is 4.54. The average molecular weight is 463 g/mol. The molecule has 34 heavy (non-hydrogen) atoms. The Balaban J connectivity index is 1.30. The molecule has 0 spiro atoms. The monoisotopic (exact) mass is 462 g/mol. The molecule has 2 aliphatic rings. The van der Waals surface area contributed by atoms with Crippen LogP contribution in [-0.2, 0) is 19.5 Å². The molecule has 9 heteroatoms. The second kappa shape index (κ2) is 9.80. The number of benzene rings is 1. The minimum Gasteiger partial charge on any atom is -0.454 e. The molecule has 0 fully saturated rings. The smallest absolute Gasteiger partial charge is 0.253 e. The number of fused-ring (bicyclic) bond motifs is 2. The van der Waals surface area contributed by atoms with E-state index in [1.54, 1.807) is 24.5 Å². The molecular weight excluding hydrogens is 432 g/mol. The van der Waals surface area contributed by atoms with E-state index in [0.717, 1.165) is 62.2 Å². The van der Waals surface area contributed by atoms with Crippen LogP contribution in [0.25, 0.3) is 0 Å². The molecule has 2 aromatic heterocycles. The summed E-state index contributed by atoms with van der Waals surface area (Å²) >= 11 is 0. The summed E-state index contributed by atoms with van der Waals surface area (Å²) in [5, 5.41) is 12.2. The van der Waals surface area contributed by atoms with Crippen molar-refractivity contribution in [3.8, 4) is 11.5 Å². The average Bonchev–Trinajstić information content (AvgIpc) is 3.42. The lowest BCUT2D eigenvalue weighted by atomic mass is 10.0. The van der Waals surface area contributed by atoms with E-state index in [4.69, 9.17) is 9.47 Å². The first-order valence-electron chi connectivity index (χ1n) is 11.8. The molecule has 1 aromatic carbocycles. The van der Waals surface area contributed by atoms with Crippen molar-refractivity contribution < 1.29 is 14.3 Å². The SMILES string of the molecule is CC(C)C[C@@H](NC(=O)c1cccnc1)c1nnc2n1CCN(Cc1ccc3c(c1)OCO3)CC2. The van der Waals surface area contributed by atoms with Crippen LogP contribution in [-0.4, -0.2) is 50.4 Å². The molecule has 1 N–H and O–H groups in total. The molecule has 178 valence electrons. The van der Waals surface area contributed by atoms with Crippen molar-refractivity contribution in [2.75, 3.05) is 19.9 Å². The van der Waals surface area contributed by atoms with Gasteiger partial charge in [0.05, 0.1) is 11.6 Å². The van der Waals surface area contributed by atoms with Crippen LogP contribution in [0.3, 0.4) is 0 Å². The van der Waals surface area contributed by atoms with Gasteiger partial charge in [-0.2, -0.15) is 0 Å². The molecule has 1 amide bonds. The van der Waals surface area contributed by atoms with Crippen LogP contribution in [0.15, 0.2) is 42.7 Å². The van der Waals surface area contributed by atoms with Crippen LogP contribution in [0, 0.1) is 5.92 Å². The Kier molecular flexibility index (Phi) is 6.44. The summed E-state index contributed by atoms with van der Waals surface area (Å²) < 4.78 is 13.1. The van der Waals surface area contributed by atoms with Crippen LogP contribution >= 0.6 is 0 Å². The molecule has 0 saturated heterocycles. The molecule has 0 radical (unpaired) electrons. The number of amides is 1. The minimum absolute atomic E-state index is 0.144. The summed E-state index contributed by atoms with van der Waals surface area (Å²) in [5.74, 6) is 3.65. The Morgan fingerprint density at radius 2 is 2.00 bits per heavy atom. The van der Waals surface area contributed by atoms with Gasteiger partial charge in [0.15, 0.2) is 17.3 Å². The highest BCUT2D eigenvalue weighted by atomic mass is 16.7. The van der Waals surface area contributed by atoms with Gasteiger partial charge in [0.1, 0.15) is 5.82 Å². The summed E-state index contributed by atoms with van der Waals surface area (Å²) in [6.07, 6.45) is 4.84. The third-order valence-corrected chi connectivity index (χ3v) is 6.24. The van der Waals surface area contributed by atoms with Gasteiger partial charge in [-0.3, -0.25) is 14.7 Å². The van der Waals surface area contributed by atoms with E-state index < -0.39 is 0 Å². The van der Waals surface area contributed by atoms with Crippen molar-refractivity contribution in [3.05, 3.63) is 65.5 Å². The second-order valence-corrected chi connectivity index (χ2v) is 9.24. The molecule has 3 aromatic rings. The molecule has 2 aliphatic heterocycles. The number of nitrogens with zero attached hydrogens (tertiary/aromatic N) is 5. The highest BCUT2D eigenvalue weighted by molar-refractivity contribution is 5.94. The molecule has 0 unspecified atom stereocenters. The second-order valence-electron chi connectivity index (χ2n) is 9.24. The van der Waals surface area contributed by atoms with Crippen LogP contribution < -0.4 is 14.8 Å². The first-order chi connectivity index (χ1) is 16.6. The van der Waals surface area contributed by atoms with Crippen molar-refractivity contribution in [2.45, 2.75) is 45.8 Å². The fourth-order valence-corrected chi connectivity index (χ4v) is 4.54. The van der Waals surface area contributed by atoms with Gasteiger partial charge in [0, 0.05) is 45.0 Å². The Labute approximate surface area is 199 Å². The van der Waals surface area contributed by atoms with E-state index in [2.05, 4.69) is 55.9 Å². The van der Waals surface area contributed by atoms with E-state index in [1.165, 1.54) is 5.56 Å². The number of ether oxygens (including phenoxy) is 2. The lowest BCUT2D eigenvalue weighted by molar-refractivity contribution is 0.0928. The highest BCUT2D eigenvalue weighted by Gasteiger charge is 2.26. The van der Waals surface area contributed by atoms with E-state index in [9.17, 15) is 4.79 Å². The lowest BCUT2D eigenvalue weighted by Gasteiger charge is -2.22. The van der Waals surface area contributed by atoms with Gasteiger partial charge in [-0.25, -0.2) is 0 Å². The van der Waals surface area contributed by atoms with E-state index in [0.29, 0.717) is 11.5 Å². The van der Waals surface area contributed by atoms with Gasteiger partial charge < -0.3 is 19.4 Å². The number of pyridine rings is 1. The zero-order valence-electron chi connectivity index (χ0n) is 19.6. The predicted molar refractivity (Wildman–Crippen MR) is 125 cm³/mol. The summed E-state index contributed by atoms with van der Waals surface area (Å²) in [4.78, 5) is 19.4. The van der Waals surface area contributed by atoms with Crippen molar-refractivity contribution >= 4 is 5.91 Å². The van der Waals surface area contributed by atoms with Gasteiger partial charge >= 0.3 is 0 Å². The normalized spacial score (nSPS) is 16.2. The first-order valence-corrected chi connectivity index (χ1v) is 11.8. The number of carbonyl (C=O) groups is 1. The molecular formula is C25H30N6O3. The summed E-state index contributed by atoms with van der Waals surface area (Å²) in [6, 6.07) is 9.46. The zero-order valence-corrected chi connectivity index (χ0v) is 19.6. The summed E-state index contributed by atoms with van der Waals surface area (Å²) in [7, 11) is 0. The van der Waals surface area contributed by atoms with Gasteiger partial charge in [-0.1, -0.05) is 19.9 Å². The fraction of sp³-hybridized carbons (Fsp3) is 0.440. The highest BCUT2D eigenvalue weighted by Crippen LogP contribution is 2.33. The maximum absolute atomic E-state index is 12.9. The van der Waals surface area contributed by atoms with Crippen molar-refractivity contribution in [1.82, 2.24) is 30.0 Å². The maximum Gasteiger partial charge on any atom is 0.253 e. The number of hydrogen-bond donors (Lipinski definition) is 1. The third-order valence-electron chi connectivity index (χ3n) is 6.24.